The Labute approximate surface area is 692 Å². The maximum atomic E-state index is 13.7. The van der Waals surface area contributed by atoms with Crippen LogP contribution in [0.2, 0.25) is 0 Å². The number of hydrogen-bond acceptors (Lipinski definition) is 6. The van der Waals surface area contributed by atoms with Crippen LogP contribution in [0.25, 0.3) is 98.9 Å². The van der Waals surface area contributed by atoms with Gasteiger partial charge in [0.05, 0.1) is 47.3 Å². The first-order chi connectivity index (χ1) is 50.4. The van der Waals surface area contributed by atoms with Crippen molar-refractivity contribution in [3.63, 3.8) is 0 Å². The van der Waals surface area contributed by atoms with E-state index in [1.165, 1.54) is 92.4 Å². The molecule has 0 saturated heterocycles. The molecule has 110 heavy (non-hydrogen) atoms. The van der Waals surface area contributed by atoms with Gasteiger partial charge in [-0.25, -0.2) is 4.39 Å². The molecule has 0 atom stereocenters. The molecule has 0 fully saturated rings. The monoisotopic (exact) mass is 2010 g/mol. The minimum Gasteiger partial charge on any atom is -0.512 e. The first-order valence-electron chi connectivity index (χ1n) is 37.1. The largest absolute Gasteiger partial charge is 0.512 e. The van der Waals surface area contributed by atoms with Crippen LogP contribution < -0.4 is 0 Å². The minimum absolute atomic E-state index is 0. The van der Waals surface area contributed by atoms with Crippen LogP contribution in [0.3, 0.4) is 0 Å². The van der Waals surface area contributed by atoms with E-state index in [0.29, 0.717) is 11.5 Å². The quantitative estimate of drug-likeness (QED) is 0.0362. The summed E-state index contributed by atoms with van der Waals surface area (Å²) in [7, 11) is 0. The van der Waals surface area contributed by atoms with E-state index in [0.717, 1.165) is 97.6 Å². The third-order valence-corrected chi connectivity index (χ3v) is 20.5. The summed E-state index contributed by atoms with van der Waals surface area (Å²) in [6, 6.07) is 70.2. The summed E-state index contributed by atoms with van der Waals surface area (Å²) in [5.41, 5.74) is 16.0. The normalized spacial score (nSPS) is 12.4. The van der Waals surface area contributed by atoms with Gasteiger partial charge in [-0.3, -0.25) is 19.4 Å². The van der Waals surface area contributed by atoms with Gasteiger partial charge in [0.25, 0.3) is 0 Å². The molecule has 581 valence electrons. The van der Waals surface area contributed by atoms with Gasteiger partial charge < -0.3 is 25.3 Å². The van der Waals surface area contributed by atoms with Crippen molar-refractivity contribution in [2.45, 2.75) is 170 Å². The number of halogens is 1. The molecule has 0 unspecified atom stereocenters. The minimum atomic E-state index is -0.306. The number of benzene rings is 9. The fourth-order valence-electron chi connectivity index (χ4n) is 12.9. The first kappa shape index (κ1) is 91.8. The molecule has 9 aromatic carbocycles. The van der Waals surface area contributed by atoms with E-state index in [1.807, 2.05) is 98.8 Å². The molecule has 12 aromatic rings. The molecule has 0 amide bonds. The van der Waals surface area contributed by atoms with E-state index >= 15 is 0 Å². The molecular formula is C97H108FIr3N3O6. The summed E-state index contributed by atoms with van der Waals surface area (Å²) in [5, 5.41) is 38.3. The van der Waals surface area contributed by atoms with Crippen molar-refractivity contribution in [2.24, 2.45) is 21.7 Å². The summed E-state index contributed by atoms with van der Waals surface area (Å²) < 4.78 is 13.7. The fourth-order valence-corrected chi connectivity index (χ4v) is 12.9. The molecule has 9 nitrogen and oxygen atoms in total. The topological polar surface area (TPSA) is 164 Å². The molecule has 3 aromatic heterocycles. The molecule has 1 aliphatic rings. The molecule has 0 aliphatic heterocycles. The van der Waals surface area contributed by atoms with Gasteiger partial charge in [0.2, 0.25) is 0 Å². The van der Waals surface area contributed by atoms with Crippen LogP contribution in [0.5, 0.6) is 0 Å². The van der Waals surface area contributed by atoms with Gasteiger partial charge >= 0.3 is 17.3 Å². The summed E-state index contributed by atoms with van der Waals surface area (Å²) in [5.74, 6) is 1.04. The Morgan fingerprint density at radius 1 is 0.464 bits per heavy atom. The number of allylic oxidation sites excluding steroid dienone is 6. The summed E-state index contributed by atoms with van der Waals surface area (Å²) in [4.78, 5) is 42.2. The number of hydrogen-bond donors (Lipinski definition) is 3. The van der Waals surface area contributed by atoms with Gasteiger partial charge in [-0.05, 0) is 167 Å². The van der Waals surface area contributed by atoms with Gasteiger partial charge in [0.15, 0.2) is 0 Å². The summed E-state index contributed by atoms with van der Waals surface area (Å²) in [6.45, 7) is 39.6. The van der Waals surface area contributed by atoms with Crippen LogP contribution in [0.15, 0.2) is 224 Å². The van der Waals surface area contributed by atoms with E-state index in [9.17, 15) is 24.2 Å². The molecule has 13 rings (SSSR count). The number of para-hydroxylation sites is 1. The zero-order valence-corrected chi connectivity index (χ0v) is 74.5. The Morgan fingerprint density at radius 2 is 0.945 bits per heavy atom. The number of pyridine rings is 3. The van der Waals surface area contributed by atoms with Gasteiger partial charge in [0, 0.05) is 83.5 Å². The van der Waals surface area contributed by atoms with Gasteiger partial charge in [0.1, 0.15) is 17.3 Å². The Bertz CT molecular complexity index is 5300. The molecule has 0 bridgehead atoms. The average Bonchev–Trinajstić information content (AvgIpc) is 1.56. The number of nitrogens with zero attached hydrogens (tertiary/aromatic N) is 3. The van der Waals surface area contributed by atoms with Crippen molar-refractivity contribution in [3.05, 3.63) is 281 Å². The molecule has 3 heterocycles. The van der Waals surface area contributed by atoms with Crippen molar-refractivity contribution in [3.8, 4) is 44.9 Å². The second-order valence-corrected chi connectivity index (χ2v) is 31.3. The molecule has 6 N–H and O–H groups in total. The van der Waals surface area contributed by atoms with Crippen molar-refractivity contribution in [1.82, 2.24) is 15.0 Å². The second kappa shape index (κ2) is 39.4. The van der Waals surface area contributed by atoms with Crippen molar-refractivity contribution >= 4 is 71.3 Å². The number of rotatable bonds is 12. The predicted octanol–water partition coefficient (Wildman–Crippen LogP) is 25.8. The van der Waals surface area contributed by atoms with E-state index in [4.69, 9.17) is 14.9 Å². The maximum absolute atomic E-state index is 13.7. The van der Waals surface area contributed by atoms with Crippen molar-refractivity contribution < 1.29 is 94.4 Å². The third kappa shape index (κ3) is 22.7. The van der Waals surface area contributed by atoms with Crippen molar-refractivity contribution in [2.75, 3.05) is 0 Å². The average molecular weight is 2010 g/mol. The Balaban J connectivity index is 0.000000243. The second-order valence-electron chi connectivity index (χ2n) is 31.3. The van der Waals surface area contributed by atoms with E-state index in [1.54, 1.807) is 18.3 Å². The standard InChI is InChI=1S/C24H18N.C21H15FN.C21H16N.C15H28O2.C11H20O2.C5H8O2.3Ir/c1-24(2)20-9-5-4-8-18(20)19-13-11-17(15-21(19)24)23-14-12-16-7-3-6-10-22(16)25-23;1-13-9-14(2)11-16(10-13)21-19-6-4-15-3-5-17(22)12-20(15)18(19)7-8-23-21;1-14-11-15(2)13-17(12-14)21-20-8-7-16-5-3-4-6-18(16)19(20)9-10-22-21;1-7-14(5,8-2)12(16)11-13(17)15(6,9-3)10-4;1-10(2,3)8(12)7-9(13)11(4,5)6;1-4(6)3-5(2)7;;;/h3-10,12-15H,1-2H3;3-10,12H,1-2H3;3-12H,1-2H3;11,16H,7-10H2,1-6H3;7,12H,1-6H3;3,6H,1-2H3;;;/q3*-1;;;;;;/p+3. The molecule has 13 heteroatoms. The summed E-state index contributed by atoms with van der Waals surface area (Å²) in [6.07, 6.45) is 11.5. The fraction of sp³-hybridized carbons (Fsp3) is 0.299. The number of fused-ring (bicyclic) bond motifs is 10. The van der Waals surface area contributed by atoms with Crippen LogP contribution in [-0.2, 0) is 65.7 Å². The number of carbonyl (C=O) groups excluding carboxylic acids is 3. The smallest absolute Gasteiger partial charge is 0.325 e. The van der Waals surface area contributed by atoms with Crippen molar-refractivity contribution in [1.29, 1.82) is 0 Å². The number of aliphatic hydroxyl groups is 3. The van der Waals surface area contributed by atoms with E-state index in [-0.39, 0.29) is 116 Å². The van der Waals surface area contributed by atoms with Crippen LogP contribution in [-0.4, -0.2) is 62.0 Å². The molecule has 1 aliphatic carbocycles. The number of aliphatic hydroxyl groups excluding tert-OH is 3. The number of aromatic nitrogens is 3. The van der Waals surface area contributed by atoms with Crippen LogP contribution in [0, 0.1) is 73.4 Å². The molecular weight excluding hydrogens is 1900 g/mol. The summed E-state index contributed by atoms with van der Waals surface area (Å²) >= 11 is 0. The van der Waals surface area contributed by atoms with Gasteiger partial charge in [-0.1, -0.05) is 217 Å². The Hall–Kier alpha value is -8.76. The SMILES string of the molecule is CC(=[OH+])C=C(C)O.CC(C)(C)C(=[OH+])C=C(O)C(C)(C)C.CC1(C)c2ccccc2-c2c[c-]c(-c3ccc4ccccc4n3)cc21.CCC(C)(CC)C(=[OH+])C=C(O)C(C)(CC)CC.Cc1[c-]c(-c2nccc3c2ccc2ccc(F)cc23)cc(C)c1.Cc1[c-]c(-c2nccc3c2ccc2ccccc23)cc(C)c1.[Ir].[Ir].[Ir]. The zero-order chi connectivity index (χ0) is 78.5. The predicted molar refractivity (Wildman–Crippen MR) is 450 cm³/mol. The Kier molecular flexibility index (Phi) is 32.9. The Morgan fingerprint density at radius 3 is 1.45 bits per heavy atom. The molecule has 3 radical (unpaired) electrons. The number of aryl methyl sites for hydroxylation is 4. The first-order valence-corrected chi connectivity index (χ1v) is 37.1. The van der Waals surface area contributed by atoms with E-state index < -0.39 is 0 Å². The third-order valence-electron chi connectivity index (χ3n) is 20.5. The van der Waals surface area contributed by atoms with Gasteiger partial charge in [-0.2, -0.15) is 0 Å². The van der Waals surface area contributed by atoms with E-state index in [2.05, 4.69) is 224 Å². The van der Waals surface area contributed by atoms with Crippen LogP contribution >= 0.6 is 0 Å². The van der Waals surface area contributed by atoms with Crippen LogP contribution in [0.1, 0.15) is 170 Å². The number of ketones is 3. The van der Waals surface area contributed by atoms with Crippen LogP contribution in [0.4, 0.5) is 4.39 Å². The van der Waals surface area contributed by atoms with Gasteiger partial charge in [-0.15, -0.1) is 99.1 Å². The molecule has 0 spiro atoms. The maximum Gasteiger partial charge on any atom is 0.325 e. The zero-order valence-electron chi connectivity index (χ0n) is 67.4. The molecule has 0 saturated carbocycles.